The summed E-state index contributed by atoms with van der Waals surface area (Å²) in [5.41, 5.74) is 3.56. The number of ether oxygens (including phenoxy) is 1. The van der Waals surface area contributed by atoms with Crippen LogP contribution in [0.5, 0.6) is 5.75 Å². The van der Waals surface area contributed by atoms with Gasteiger partial charge in [-0.3, -0.25) is 4.68 Å². The topological polar surface area (TPSA) is 59.3 Å². The van der Waals surface area contributed by atoms with Crippen LogP contribution in [-0.2, 0) is 6.54 Å². The maximum Gasteiger partial charge on any atom is 0.126 e. The van der Waals surface area contributed by atoms with Gasteiger partial charge in [0.15, 0.2) is 0 Å². The first-order valence-electron chi connectivity index (χ1n) is 9.20. The molecule has 1 aliphatic carbocycles. The van der Waals surface area contributed by atoms with Crippen molar-refractivity contribution >= 4 is 0 Å². The first-order chi connectivity index (χ1) is 12.1. The molecule has 5 nitrogen and oxygen atoms in total. The molecule has 1 saturated carbocycles. The molecule has 1 aliphatic rings. The number of benzene rings is 1. The van der Waals surface area contributed by atoms with Crippen LogP contribution in [0.4, 0.5) is 0 Å². The van der Waals surface area contributed by atoms with Gasteiger partial charge in [-0.15, -0.1) is 0 Å². The Morgan fingerprint density at radius 3 is 2.64 bits per heavy atom. The lowest BCUT2D eigenvalue weighted by molar-refractivity contribution is -0.0154. The normalized spacial score (nSPS) is 23.6. The van der Waals surface area contributed by atoms with Crippen LogP contribution in [0, 0.1) is 20.8 Å². The van der Waals surface area contributed by atoms with Gasteiger partial charge >= 0.3 is 0 Å². The summed E-state index contributed by atoms with van der Waals surface area (Å²) in [4.78, 5) is 0. The number of aryl methyl sites for hydroxylation is 1. The number of hydrogen-bond acceptors (Lipinski definition) is 4. The number of para-hydroxylation sites is 1. The molecule has 0 saturated heterocycles. The van der Waals surface area contributed by atoms with E-state index in [-0.39, 0.29) is 12.1 Å². The van der Waals surface area contributed by atoms with E-state index in [1.54, 1.807) is 0 Å². The quantitative estimate of drug-likeness (QED) is 0.847. The Labute approximate surface area is 150 Å². The van der Waals surface area contributed by atoms with Crippen LogP contribution in [0.1, 0.15) is 36.2 Å². The zero-order valence-corrected chi connectivity index (χ0v) is 15.4. The lowest BCUT2D eigenvalue weighted by atomic mass is 9.90. The Morgan fingerprint density at radius 1 is 1.20 bits per heavy atom. The zero-order valence-electron chi connectivity index (χ0n) is 15.4. The summed E-state index contributed by atoms with van der Waals surface area (Å²) in [6, 6.07) is 9.83. The number of aliphatic hydroxyl groups is 1. The minimum atomic E-state index is -0.490. The number of rotatable bonds is 6. The van der Waals surface area contributed by atoms with Crippen molar-refractivity contribution in [3.05, 3.63) is 47.3 Å². The molecule has 0 bridgehead atoms. The number of hydrogen-bond donors (Lipinski definition) is 2. The van der Waals surface area contributed by atoms with Gasteiger partial charge in [-0.25, -0.2) is 0 Å². The molecule has 3 atom stereocenters. The predicted molar refractivity (Wildman–Crippen MR) is 98.9 cm³/mol. The Bertz CT molecular complexity index is 684. The van der Waals surface area contributed by atoms with Crippen molar-refractivity contribution < 1.29 is 9.84 Å². The fourth-order valence-corrected chi connectivity index (χ4v) is 3.52. The summed E-state index contributed by atoms with van der Waals surface area (Å²) in [5, 5.41) is 18.8. The van der Waals surface area contributed by atoms with Gasteiger partial charge in [0.2, 0.25) is 0 Å². The average molecular weight is 343 g/mol. The van der Waals surface area contributed by atoms with Crippen molar-refractivity contribution in [2.75, 3.05) is 6.54 Å². The number of nitrogens with one attached hydrogen (secondary N) is 1. The first kappa shape index (κ1) is 18.0. The molecule has 1 aromatic carbocycles. The molecule has 1 aromatic heterocycles. The monoisotopic (exact) mass is 343 g/mol. The molecule has 1 heterocycles. The van der Waals surface area contributed by atoms with Crippen molar-refractivity contribution in [1.82, 2.24) is 15.1 Å². The van der Waals surface area contributed by atoms with E-state index in [1.807, 2.05) is 41.9 Å². The van der Waals surface area contributed by atoms with Gasteiger partial charge in [0.05, 0.1) is 12.2 Å². The van der Waals surface area contributed by atoms with E-state index in [1.165, 1.54) is 11.3 Å². The van der Waals surface area contributed by atoms with Crippen molar-refractivity contribution in [3.8, 4) is 5.75 Å². The van der Waals surface area contributed by atoms with Gasteiger partial charge in [-0.2, -0.15) is 5.10 Å². The Hall–Kier alpha value is -1.85. The second kappa shape index (κ2) is 8.02. The van der Waals surface area contributed by atoms with Crippen molar-refractivity contribution in [3.63, 3.8) is 0 Å². The van der Waals surface area contributed by atoms with E-state index >= 15 is 0 Å². The third kappa shape index (κ3) is 4.22. The molecule has 0 spiro atoms. The molecule has 0 unspecified atom stereocenters. The molecule has 2 aromatic rings. The lowest BCUT2D eigenvalue weighted by Crippen LogP contribution is -2.51. The number of nitrogens with zero attached hydrogens (tertiary/aromatic N) is 2. The Morgan fingerprint density at radius 2 is 1.96 bits per heavy atom. The standard InChI is InChI=1S/C20H29N3O2/c1-14-15(2)22-23(16(14)3)13-12-21-18-10-7-11-19(20(18)24)25-17-8-5-4-6-9-17/h4-6,8-9,18-21,24H,7,10-13H2,1-3H3/t18-,19+,20+/m0/s1. The smallest absolute Gasteiger partial charge is 0.126 e. The molecule has 136 valence electrons. The number of aromatic nitrogens is 2. The van der Waals surface area contributed by atoms with E-state index < -0.39 is 6.10 Å². The maximum absolute atomic E-state index is 10.7. The molecular weight excluding hydrogens is 314 g/mol. The highest BCUT2D eigenvalue weighted by Crippen LogP contribution is 2.24. The molecule has 3 rings (SSSR count). The molecule has 5 heteroatoms. The van der Waals surface area contributed by atoms with Crippen molar-refractivity contribution in [2.24, 2.45) is 0 Å². The SMILES string of the molecule is Cc1nn(CCN[C@H]2CCC[C@@H](Oc3ccccc3)[C@@H]2O)c(C)c1C. The minimum Gasteiger partial charge on any atom is -0.488 e. The van der Waals surface area contributed by atoms with Crippen molar-refractivity contribution in [2.45, 2.75) is 64.8 Å². The summed E-state index contributed by atoms with van der Waals surface area (Å²) in [6.07, 6.45) is 2.29. The van der Waals surface area contributed by atoms with E-state index in [4.69, 9.17) is 4.74 Å². The van der Waals surface area contributed by atoms with E-state index in [0.29, 0.717) is 0 Å². The van der Waals surface area contributed by atoms with Crippen LogP contribution in [-0.4, -0.2) is 39.7 Å². The molecule has 0 radical (unpaired) electrons. The molecule has 1 fully saturated rings. The third-order valence-corrected chi connectivity index (χ3v) is 5.30. The lowest BCUT2D eigenvalue weighted by Gasteiger charge is -2.35. The van der Waals surface area contributed by atoms with Crippen LogP contribution >= 0.6 is 0 Å². The highest BCUT2D eigenvalue weighted by molar-refractivity contribution is 5.22. The van der Waals surface area contributed by atoms with Gasteiger partial charge in [0.1, 0.15) is 18.0 Å². The number of aliphatic hydroxyl groups excluding tert-OH is 1. The van der Waals surface area contributed by atoms with Crippen LogP contribution in [0.15, 0.2) is 30.3 Å². The molecule has 0 aliphatic heterocycles. The fourth-order valence-electron chi connectivity index (χ4n) is 3.52. The van der Waals surface area contributed by atoms with Crippen LogP contribution in [0.3, 0.4) is 0 Å². The van der Waals surface area contributed by atoms with E-state index in [0.717, 1.165) is 43.8 Å². The predicted octanol–water partition coefficient (Wildman–Crippen LogP) is 2.76. The minimum absolute atomic E-state index is 0.0699. The Kier molecular flexibility index (Phi) is 5.76. The molecule has 0 amide bonds. The summed E-state index contributed by atoms with van der Waals surface area (Å²) in [6.45, 7) is 7.87. The molecule has 2 N–H and O–H groups in total. The summed E-state index contributed by atoms with van der Waals surface area (Å²) < 4.78 is 8.04. The van der Waals surface area contributed by atoms with Gasteiger partial charge in [-0.05, 0) is 57.7 Å². The summed E-state index contributed by atoms with van der Waals surface area (Å²) in [5.74, 6) is 0.824. The van der Waals surface area contributed by atoms with Crippen molar-refractivity contribution in [1.29, 1.82) is 0 Å². The highest BCUT2D eigenvalue weighted by atomic mass is 16.5. The Balaban J connectivity index is 1.52. The highest BCUT2D eigenvalue weighted by Gasteiger charge is 2.33. The van der Waals surface area contributed by atoms with E-state index in [9.17, 15) is 5.11 Å². The molecule has 25 heavy (non-hydrogen) atoms. The second-order valence-electron chi connectivity index (χ2n) is 6.97. The van der Waals surface area contributed by atoms with Gasteiger partial charge in [-0.1, -0.05) is 18.2 Å². The third-order valence-electron chi connectivity index (χ3n) is 5.30. The van der Waals surface area contributed by atoms with Crippen LogP contribution in [0.25, 0.3) is 0 Å². The van der Waals surface area contributed by atoms with Crippen LogP contribution < -0.4 is 10.1 Å². The first-order valence-corrected chi connectivity index (χ1v) is 9.20. The largest absolute Gasteiger partial charge is 0.488 e. The zero-order chi connectivity index (χ0) is 17.8. The van der Waals surface area contributed by atoms with Gasteiger partial charge in [0, 0.05) is 18.3 Å². The average Bonchev–Trinajstić information content (AvgIpc) is 2.86. The van der Waals surface area contributed by atoms with Gasteiger partial charge in [0.25, 0.3) is 0 Å². The van der Waals surface area contributed by atoms with Crippen LogP contribution in [0.2, 0.25) is 0 Å². The van der Waals surface area contributed by atoms with E-state index in [2.05, 4.69) is 24.3 Å². The second-order valence-corrected chi connectivity index (χ2v) is 6.97. The fraction of sp³-hybridized carbons (Fsp3) is 0.550. The van der Waals surface area contributed by atoms with Gasteiger partial charge < -0.3 is 15.2 Å². The summed E-state index contributed by atoms with van der Waals surface area (Å²) >= 11 is 0. The summed E-state index contributed by atoms with van der Waals surface area (Å²) in [7, 11) is 0. The maximum atomic E-state index is 10.7. The molecular formula is C20H29N3O2.